The summed E-state index contributed by atoms with van der Waals surface area (Å²) in [4.78, 5) is 11.1. The number of nitrogens with one attached hydrogen (secondary N) is 1. The lowest BCUT2D eigenvalue weighted by atomic mass is 10.2. The maximum Gasteiger partial charge on any atom is 0.407 e. The fourth-order valence-electron chi connectivity index (χ4n) is 0.593. The molecule has 0 radical (unpaired) electrons. The number of alkyl carbamates (subject to hydrolysis) is 1. The molecule has 0 aromatic rings. The lowest BCUT2D eigenvalue weighted by Gasteiger charge is -2.21. The topological polar surface area (TPSA) is 38.3 Å². The second kappa shape index (κ2) is 5.42. The Bertz CT molecular complexity index is 166. The zero-order chi connectivity index (χ0) is 10.5. The number of halogens is 2. The van der Waals surface area contributed by atoms with Crippen molar-refractivity contribution in [3.8, 4) is 0 Å². The lowest BCUT2D eigenvalue weighted by Crippen LogP contribution is -2.41. The predicted molar refractivity (Wildman–Crippen MR) is 52.9 cm³/mol. The summed E-state index contributed by atoms with van der Waals surface area (Å²) in [6, 6.07) is -0.519. The monoisotopic (exact) mass is 255 g/mol. The SMILES string of the molecule is CC(C)(C)OC(=O)N[C@@H](CF)CBr. The van der Waals surface area contributed by atoms with Crippen molar-refractivity contribution in [2.45, 2.75) is 32.4 Å². The molecule has 1 amide bonds. The van der Waals surface area contributed by atoms with Gasteiger partial charge in [-0.1, -0.05) is 15.9 Å². The standard InChI is InChI=1S/C8H15BrFNO2/c1-8(2,3)13-7(12)11-6(4-9)5-10/h6H,4-5H2,1-3H3,(H,11,12)/t6-/m1/s1. The Kier molecular flexibility index (Phi) is 5.29. The molecule has 0 saturated carbocycles. The van der Waals surface area contributed by atoms with E-state index >= 15 is 0 Å². The van der Waals surface area contributed by atoms with Crippen LogP contribution in [0.25, 0.3) is 0 Å². The number of alkyl halides is 2. The fourth-order valence-corrected chi connectivity index (χ4v) is 0.928. The molecule has 0 fully saturated rings. The number of hydrogen-bond donors (Lipinski definition) is 1. The summed E-state index contributed by atoms with van der Waals surface area (Å²) in [5, 5.41) is 2.77. The third-order valence-electron chi connectivity index (χ3n) is 1.09. The van der Waals surface area contributed by atoms with Crippen LogP contribution in [0.4, 0.5) is 9.18 Å². The highest BCUT2D eigenvalue weighted by atomic mass is 79.9. The van der Waals surface area contributed by atoms with Gasteiger partial charge in [-0.3, -0.25) is 0 Å². The van der Waals surface area contributed by atoms with Gasteiger partial charge < -0.3 is 10.1 Å². The van der Waals surface area contributed by atoms with E-state index in [0.717, 1.165) is 0 Å². The molecule has 1 N–H and O–H groups in total. The first-order valence-electron chi connectivity index (χ1n) is 4.00. The van der Waals surface area contributed by atoms with Gasteiger partial charge in [-0.15, -0.1) is 0 Å². The molecule has 0 unspecified atom stereocenters. The van der Waals surface area contributed by atoms with Gasteiger partial charge in [0.1, 0.15) is 12.3 Å². The maximum absolute atomic E-state index is 12.2. The Balaban J connectivity index is 3.86. The van der Waals surface area contributed by atoms with Crippen molar-refractivity contribution in [1.82, 2.24) is 5.32 Å². The van der Waals surface area contributed by atoms with E-state index in [-0.39, 0.29) is 0 Å². The summed E-state index contributed by atoms with van der Waals surface area (Å²) in [5.41, 5.74) is -0.544. The number of carbonyl (C=O) groups excluding carboxylic acids is 1. The van der Waals surface area contributed by atoms with Crippen molar-refractivity contribution >= 4 is 22.0 Å². The van der Waals surface area contributed by atoms with Crippen molar-refractivity contribution in [3.05, 3.63) is 0 Å². The Hall–Kier alpha value is -0.320. The first-order chi connectivity index (χ1) is 5.89. The van der Waals surface area contributed by atoms with Gasteiger partial charge in [0.25, 0.3) is 0 Å². The molecule has 0 heterocycles. The Morgan fingerprint density at radius 3 is 2.46 bits per heavy atom. The minimum atomic E-state index is -0.607. The fraction of sp³-hybridized carbons (Fsp3) is 0.875. The van der Waals surface area contributed by atoms with E-state index in [2.05, 4.69) is 21.2 Å². The number of ether oxygens (including phenoxy) is 1. The number of carbonyl (C=O) groups is 1. The van der Waals surface area contributed by atoms with Crippen molar-refractivity contribution in [2.24, 2.45) is 0 Å². The minimum Gasteiger partial charge on any atom is -0.444 e. The lowest BCUT2D eigenvalue weighted by molar-refractivity contribution is 0.0503. The first kappa shape index (κ1) is 12.7. The van der Waals surface area contributed by atoms with Crippen molar-refractivity contribution in [1.29, 1.82) is 0 Å². The number of hydrogen-bond acceptors (Lipinski definition) is 2. The molecule has 0 aliphatic carbocycles. The van der Waals surface area contributed by atoms with Crippen LogP contribution in [0.1, 0.15) is 20.8 Å². The van der Waals surface area contributed by atoms with Crippen LogP contribution in [0, 0.1) is 0 Å². The molecule has 0 saturated heterocycles. The van der Waals surface area contributed by atoms with Crippen LogP contribution in [0.5, 0.6) is 0 Å². The van der Waals surface area contributed by atoms with Crippen LogP contribution in [-0.4, -0.2) is 29.7 Å². The molecule has 0 spiro atoms. The van der Waals surface area contributed by atoms with Crippen molar-refractivity contribution < 1.29 is 13.9 Å². The van der Waals surface area contributed by atoms with Gasteiger partial charge in [0.2, 0.25) is 0 Å². The molecule has 0 bridgehead atoms. The van der Waals surface area contributed by atoms with Crippen LogP contribution in [0.15, 0.2) is 0 Å². The normalized spacial score (nSPS) is 13.6. The van der Waals surface area contributed by atoms with E-state index in [1.165, 1.54) is 0 Å². The summed E-state index contributed by atoms with van der Waals surface area (Å²) < 4.78 is 17.1. The summed E-state index contributed by atoms with van der Waals surface area (Å²) in [5.74, 6) is 0. The third kappa shape index (κ3) is 6.81. The van der Waals surface area contributed by atoms with Gasteiger partial charge in [0, 0.05) is 5.33 Å². The molecule has 0 aliphatic heterocycles. The van der Waals surface area contributed by atoms with Crippen molar-refractivity contribution in [2.75, 3.05) is 12.0 Å². The molecule has 13 heavy (non-hydrogen) atoms. The number of rotatable bonds is 3. The molecular weight excluding hydrogens is 241 g/mol. The molecule has 5 heteroatoms. The molecule has 78 valence electrons. The van der Waals surface area contributed by atoms with E-state index in [1.54, 1.807) is 20.8 Å². The van der Waals surface area contributed by atoms with Crippen LogP contribution in [0.3, 0.4) is 0 Å². The minimum absolute atomic E-state index is 0.378. The second-order valence-corrected chi connectivity index (χ2v) is 4.30. The molecular formula is C8H15BrFNO2. The van der Waals surface area contributed by atoms with E-state index in [9.17, 15) is 9.18 Å². The smallest absolute Gasteiger partial charge is 0.407 e. The summed E-state index contributed by atoms with van der Waals surface area (Å²) >= 11 is 3.07. The average molecular weight is 256 g/mol. The molecule has 0 aromatic carbocycles. The first-order valence-corrected chi connectivity index (χ1v) is 5.12. The number of amides is 1. The van der Waals surface area contributed by atoms with E-state index in [4.69, 9.17) is 4.74 Å². The Labute approximate surface area is 86.2 Å². The largest absolute Gasteiger partial charge is 0.444 e. The highest BCUT2D eigenvalue weighted by molar-refractivity contribution is 9.09. The average Bonchev–Trinajstić information content (AvgIpc) is 1.96. The molecule has 0 aliphatic rings. The molecule has 1 atom stereocenters. The van der Waals surface area contributed by atoms with E-state index < -0.39 is 24.4 Å². The Morgan fingerprint density at radius 1 is 1.62 bits per heavy atom. The van der Waals surface area contributed by atoms with Gasteiger partial charge in [-0.25, -0.2) is 9.18 Å². The van der Waals surface area contributed by atoms with Gasteiger partial charge >= 0.3 is 6.09 Å². The summed E-state index contributed by atoms with van der Waals surface area (Å²) in [6.45, 7) is 4.66. The molecule has 3 nitrogen and oxygen atoms in total. The van der Waals surface area contributed by atoms with Gasteiger partial charge in [0.05, 0.1) is 6.04 Å². The highest BCUT2D eigenvalue weighted by Gasteiger charge is 2.18. The molecule has 0 aromatic heterocycles. The van der Waals surface area contributed by atoms with Gasteiger partial charge in [-0.05, 0) is 20.8 Å². The maximum atomic E-state index is 12.2. The third-order valence-corrected chi connectivity index (χ3v) is 1.87. The quantitative estimate of drug-likeness (QED) is 0.786. The highest BCUT2D eigenvalue weighted by Crippen LogP contribution is 2.07. The zero-order valence-electron chi connectivity index (χ0n) is 8.06. The Morgan fingerprint density at radius 2 is 2.15 bits per heavy atom. The van der Waals surface area contributed by atoms with E-state index in [1.807, 2.05) is 0 Å². The van der Waals surface area contributed by atoms with Gasteiger partial charge in [0.15, 0.2) is 0 Å². The molecule has 0 rings (SSSR count). The van der Waals surface area contributed by atoms with Crippen LogP contribution in [-0.2, 0) is 4.74 Å². The van der Waals surface area contributed by atoms with Gasteiger partial charge in [-0.2, -0.15) is 0 Å². The predicted octanol–water partition coefficient (Wildman–Crippen LogP) is 2.24. The van der Waals surface area contributed by atoms with Crippen LogP contribution in [0.2, 0.25) is 0 Å². The van der Waals surface area contributed by atoms with Crippen LogP contribution < -0.4 is 5.32 Å². The second-order valence-electron chi connectivity index (χ2n) is 3.65. The summed E-state index contributed by atoms with van der Waals surface area (Å²) in [7, 11) is 0. The van der Waals surface area contributed by atoms with E-state index in [0.29, 0.717) is 5.33 Å². The zero-order valence-corrected chi connectivity index (χ0v) is 9.65. The van der Waals surface area contributed by atoms with Crippen LogP contribution >= 0.6 is 15.9 Å². The van der Waals surface area contributed by atoms with Crippen molar-refractivity contribution in [3.63, 3.8) is 0 Å². The summed E-state index contributed by atoms with van der Waals surface area (Å²) in [6.07, 6.45) is -0.588.